The molecule has 0 radical (unpaired) electrons. The number of carboxylic acids is 1. The average Bonchev–Trinajstić information content (AvgIpc) is 2.69. The van der Waals surface area contributed by atoms with E-state index in [0.29, 0.717) is 19.4 Å². The fourth-order valence-corrected chi connectivity index (χ4v) is 3.29. The maximum absolute atomic E-state index is 12.5. The molecule has 5 heteroatoms. The van der Waals surface area contributed by atoms with Crippen molar-refractivity contribution in [2.45, 2.75) is 18.9 Å². The maximum atomic E-state index is 12.5. The number of aliphatic carboxylic acids is 1. The van der Waals surface area contributed by atoms with Crippen LogP contribution in [0.1, 0.15) is 30.1 Å². The Labute approximate surface area is 153 Å². The van der Waals surface area contributed by atoms with Crippen molar-refractivity contribution in [3.8, 4) is 0 Å². The van der Waals surface area contributed by atoms with E-state index in [1.165, 1.54) is 0 Å². The normalized spacial score (nSPS) is 17.3. The highest BCUT2D eigenvalue weighted by atomic mass is 16.5. The Kier molecular flexibility index (Phi) is 6.02. The first-order chi connectivity index (χ1) is 12.6. The number of hydrogen-bond acceptors (Lipinski definition) is 3. The summed E-state index contributed by atoms with van der Waals surface area (Å²) in [5.41, 5.74) is 1.96. The van der Waals surface area contributed by atoms with Gasteiger partial charge in [-0.25, -0.2) is 0 Å². The van der Waals surface area contributed by atoms with Gasteiger partial charge in [0.05, 0.1) is 5.92 Å². The van der Waals surface area contributed by atoms with Gasteiger partial charge in [-0.15, -0.1) is 0 Å². The van der Waals surface area contributed by atoms with E-state index < -0.39 is 11.9 Å². The molecule has 1 amide bonds. The maximum Gasteiger partial charge on any atom is 0.308 e. The molecule has 2 aromatic carbocycles. The van der Waals surface area contributed by atoms with Crippen LogP contribution in [0.25, 0.3) is 0 Å². The number of carbonyl (C=O) groups excluding carboxylic acids is 1. The lowest BCUT2D eigenvalue weighted by molar-refractivity contribution is -0.147. The van der Waals surface area contributed by atoms with Gasteiger partial charge >= 0.3 is 5.97 Å². The molecule has 1 heterocycles. The monoisotopic (exact) mass is 353 g/mol. The van der Waals surface area contributed by atoms with Crippen molar-refractivity contribution in [3.05, 3.63) is 71.8 Å². The first-order valence-corrected chi connectivity index (χ1v) is 8.87. The van der Waals surface area contributed by atoms with E-state index in [-0.39, 0.29) is 25.2 Å². The smallest absolute Gasteiger partial charge is 0.308 e. The summed E-state index contributed by atoms with van der Waals surface area (Å²) < 4.78 is 5.99. The van der Waals surface area contributed by atoms with Gasteiger partial charge in [0.2, 0.25) is 5.91 Å². The zero-order valence-corrected chi connectivity index (χ0v) is 14.6. The number of amides is 1. The standard InChI is InChI=1S/C21H23NO4/c23-19(22-13-7-12-18(14-22)21(24)25)15-26-20(16-8-3-1-4-9-16)17-10-5-2-6-11-17/h1-6,8-11,18,20H,7,12-15H2,(H,24,25)/t18-/m0/s1. The van der Waals surface area contributed by atoms with Gasteiger partial charge in [0.1, 0.15) is 12.7 Å². The first kappa shape index (κ1) is 18.1. The number of carboxylic acid groups (broad SMARTS) is 1. The molecule has 1 aliphatic rings. The van der Waals surface area contributed by atoms with Crippen LogP contribution in [0.15, 0.2) is 60.7 Å². The van der Waals surface area contributed by atoms with Crippen molar-refractivity contribution in [1.29, 1.82) is 0 Å². The van der Waals surface area contributed by atoms with Gasteiger partial charge in [-0.05, 0) is 24.0 Å². The van der Waals surface area contributed by atoms with Crippen molar-refractivity contribution in [3.63, 3.8) is 0 Å². The number of likely N-dealkylation sites (tertiary alicyclic amines) is 1. The SMILES string of the molecule is O=C(O)[C@H]1CCCN(C(=O)COC(c2ccccc2)c2ccccc2)C1. The van der Waals surface area contributed by atoms with Crippen molar-refractivity contribution in [1.82, 2.24) is 4.90 Å². The van der Waals surface area contributed by atoms with Crippen LogP contribution in [0.3, 0.4) is 0 Å². The lowest BCUT2D eigenvalue weighted by Crippen LogP contribution is -2.44. The number of carbonyl (C=O) groups is 2. The summed E-state index contributed by atoms with van der Waals surface area (Å²) in [5, 5.41) is 9.18. The van der Waals surface area contributed by atoms with Crippen LogP contribution in [0, 0.1) is 5.92 Å². The summed E-state index contributed by atoms with van der Waals surface area (Å²) >= 11 is 0. The summed E-state index contributed by atoms with van der Waals surface area (Å²) in [4.78, 5) is 25.3. The molecule has 26 heavy (non-hydrogen) atoms. The molecule has 1 atom stereocenters. The molecule has 1 fully saturated rings. The van der Waals surface area contributed by atoms with E-state index in [0.717, 1.165) is 11.1 Å². The molecule has 0 aromatic heterocycles. The summed E-state index contributed by atoms with van der Waals surface area (Å²) in [6.45, 7) is 0.785. The van der Waals surface area contributed by atoms with E-state index in [1.54, 1.807) is 4.90 Å². The minimum atomic E-state index is -0.838. The average molecular weight is 353 g/mol. The second kappa shape index (κ2) is 8.63. The van der Waals surface area contributed by atoms with Crippen molar-refractivity contribution >= 4 is 11.9 Å². The summed E-state index contributed by atoms with van der Waals surface area (Å²) in [6.07, 6.45) is 1.00. The molecule has 1 saturated heterocycles. The Bertz CT molecular complexity index is 693. The Morgan fingerprint density at radius 3 is 2.15 bits per heavy atom. The third-order valence-electron chi connectivity index (χ3n) is 4.70. The lowest BCUT2D eigenvalue weighted by atomic mass is 9.98. The topological polar surface area (TPSA) is 66.8 Å². The second-order valence-electron chi connectivity index (χ2n) is 6.53. The highest BCUT2D eigenvalue weighted by molar-refractivity contribution is 5.79. The van der Waals surface area contributed by atoms with Crippen LogP contribution in [0.5, 0.6) is 0 Å². The predicted octanol–water partition coefficient (Wildman–Crippen LogP) is 3.12. The van der Waals surface area contributed by atoms with Crippen molar-refractivity contribution < 1.29 is 19.4 Å². The van der Waals surface area contributed by atoms with Gasteiger partial charge in [-0.3, -0.25) is 9.59 Å². The second-order valence-corrected chi connectivity index (χ2v) is 6.53. The molecule has 0 unspecified atom stereocenters. The zero-order valence-electron chi connectivity index (χ0n) is 14.6. The van der Waals surface area contributed by atoms with Crippen LogP contribution in [0.4, 0.5) is 0 Å². The largest absolute Gasteiger partial charge is 0.481 e. The number of rotatable bonds is 6. The highest BCUT2D eigenvalue weighted by Gasteiger charge is 2.28. The minimum Gasteiger partial charge on any atom is -0.481 e. The minimum absolute atomic E-state index is 0.0687. The summed E-state index contributed by atoms with van der Waals surface area (Å²) in [6, 6.07) is 19.6. The van der Waals surface area contributed by atoms with Crippen molar-refractivity contribution in [2.24, 2.45) is 5.92 Å². The molecular weight excluding hydrogens is 330 g/mol. The molecule has 0 aliphatic carbocycles. The molecule has 3 rings (SSSR count). The third kappa shape index (κ3) is 4.49. The fraction of sp³-hybridized carbons (Fsp3) is 0.333. The van der Waals surface area contributed by atoms with Crippen LogP contribution in [0.2, 0.25) is 0 Å². The van der Waals surface area contributed by atoms with Gasteiger partial charge in [0.15, 0.2) is 0 Å². The van der Waals surface area contributed by atoms with Crippen LogP contribution >= 0.6 is 0 Å². The number of hydrogen-bond donors (Lipinski definition) is 1. The Morgan fingerprint density at radius 1 is 1.04 bits per heavy atom. The molecule has 1 aliphatic heterocycles. The summed E-state index contributed by atoms with van der Waals surface area (Å²) in [7, 11) is 0. The quantitative estimate of drug-likeness (QED) is 0.866. The lowest BCUT2D eigenvalue weighted by Gasteiger charge is -2.31. The molecule has 0 spiro atoms. The van der Waals surface area contributed by atoms with Crippen LogP contribution in [-0.2, 0) is 14.3 Å². The van der Waals surface area contributed by atoms with E-state index in [1.807, 2.05) is 60.7 Å². The van der Waals surface area contributed by atoms with Crippen molar-refractivity contribution in [2.75, 3.05) is 19.7 Å². The Balaban J connectivity index is 1.68. The van der Waals surface area contributed by atoms with Gasteiger partial charge in [-0.2, -0.15) is 0 Å². The van der Waals surface area contributed by atoms with E-state index >= 15 is 0 Å². The molecule has 0 bridgehead atoms. The van der Waals surface area contributed by atoms with Gasteiger partial charge in [-0.1, -0.05) is 60.7 Å². The fourth-order valence-electron chi connectivity index (χ4n) is 3.29. The summed E-state index contributed by atoms with van der Waals surface area (Å²) in [5.74, 6) is -1.48. The molecule has 1 N–H and O–H groups in total. The van der Waals surface area contributed by atoms with E-state index in [2.05, 4.69) is 0 Å². The number of benzene rings is 2. The molecule has 0 saturated carbocycles. The molecular formula is C21H23NO4. The molecule has 5 nitrogen and oxygen atoms in total. The highest BCUT2D eigenvalue weighted by Crippen LogP contribution is 2.26. The third-order valence-corrected chi connectivity index (χ3v) is 4.70. The predicted molar refractivity (Wildman–Crippen MR) is 97.6 cm³/mol. The Morgan fingerprint density at radius 2 is 1.62 bits per heavy atom. The first-order valence-electron chi connectivity index (χ1n) is 8.87. The van der Waals surface area contributed by atoms with E-state index in [9.17, 15) is 14.7 Å². The van der Waals surface area contributed by atoms with Gasteiger partial charge < -0.3 is 14.7 Å². The zero-order chi connectivity index (χ0) is 18.4. The molecule has 2 aromatic rings. The van der Waals surface area contributed by atoms with Gasteiger partial charge in [0, 0.05) is 13.1 Å². The van der Waals surface area contributed by atoms with Gasteiger partial charge in [0.25, 0.3) is 0 Å². The molecule has 136 valence electrons. The van der Waals surface area contributed by atoms with E-state index in [4.69, 9.17) is 4.74 Å². The Hall–Kier alpha value is -2.66. The number of piperidine rings is 1. The van der Waals surface area contributed by atoms with Crippen LogP contribution < -0.4 is 0 Å². The van der Waals surface area contributed by atoms with Crippen LogP contribution in [-0.4, -0.2) is 41.6 Å². The number of nitrogens with zero attached hydrogens (tertiary/aromatic N) is 1. The number of ether oxygens (including phenoxy) is 1.